The molecule has 29 heavy (non-hydrogen) atoms. The van der Waals surface area contributed by atoms with Crippen molar-refractivity contribution in [2.24, 2.45) is 5.92 Å². The van der Waals surface area contributed by atoms with Crippen molar-refractivity contribution in [2.75, 3.05) is 24.2 Å². The highest BCUT2D eigenvalue weighted by Crippen LogP contribution is 2.14. The number of ether oxygens (including phenoxy) is 1. The van der Waals surface area contributed by atoms with Crippen LogP contribution in [0.3, 0.4) is 0 Å². The average molecular weight is 427 g/mol. The lowest BCUT2D eigenvalue weighted by molar-refractivity contribution is -0.147. The van der Waals surface area contributed by atoms with Crippen molar-refractivity contribution < 1.29 is 28.3 Å². The molecule has 1 rings (SSSR count). The van der Waals surface area contributed by atoms with Gasteiger partial charge in [0, 0.05) is 12.2 Å². The van der Waals surface area contributed by atoms with Crippen molar-refractivity contribution in [1.82, 2.24) is 10.6 Å². The molecule has 0 radical (unpaired) electrons. The van der Waals surface area contributed by atoms with Gasteiger partial charge >= 0.3 is 12.0 Å². The second-order valence-electron chi connectivity index (χ2n) is 6.60. The van der Waals surface area contributed by atoms with Crippen molar-refractivity contribution in [3.8, 4) is 0 Å². The van der Waals surface area contributed by atoms with Crippen LogP contribution in [-0.4, -0.2) is 48.0 Å². The summed E-state index contributed by atoms with van der Waals surface area (Å²) in [5.41, 5.74) is 0.440. The standard InChI is InChI=1S/C19H26FN3O5S/c1-12(2)8-9-21-19(27)23-16(24)10-28-18(26)13(3)29-11-17(25)22-15-6-4-14(20)5-7-15/h4-7,12-13H,8-11H2,1-3H3,(H,22,25)(H2,21,23,24,27). The Morgan fingerprint density at radius 2 is 1.72 bits per heavy atom. The molecule has 1 unspecified atom stereocenters. The van der Waals surface area contributed by atoms with Gasteiger partial charge in [0.15, 0.2) is 6.61 Å². The van der Waals surface area contributed by atoms with Gasteiger partial charge in [-0.1, -0.05) is 13.8 Å². The van der Waals surface area contributed by atoms with Crippen molar-refractivity contribution in [1.29, 1.82) is 0 Å². The number of carbonyl (C=O) groups is 4. The second-order valence-corrected chi connectivity index (χ2v) is 7.93. The van der Waals surface area contributed by atoms with Crippen molar-refractivity contribution in [2.45, 2.75) is 32.4 Å². The number of halogens is 1. The van der Waals surface area contributed by atoms with E-state index in [0.29, 0.717) is 18.2 Å². The van der Waals surface area contributed by atoms with Crippen LogP contribution in [0.25, 0.3) is 0 Å². The van der Waals surface area contributed by atoms with Gasteiger partial charge in [0.2, 0.25) is 5.91 Å². The Hall–Kier alpha value is -2.62. The van der Waals surface area contributed by atoms with Crippen LogP contribution in [-0.2, 0) is 19.1 Å². The topological polar surface area (TPSA) is 114 Å². The van der Waals surface area contributed by atoms with E-state index in [1.807, 2.05) is 13.8 Å². The highest BCUT2D eigenvalue weighted by Gasteiger charge is 2.18. The summed E-state index contributed by atoms with van der Waals surface area (Å²) in [6.07, 6.45) is 0.778. The zero-order valence-electron chi connectivity index (χ0n) is 16.6. The van der Waals surface area contributed by atoms with Crippen LogP contribution in [0.2, 0.25) is 0 Å². The van der Waals surface area contributed by atoms with Crippen molar-refractivity contribution in [3.05, 3.63) is 30.1 Å². The maximum absolute atomic E-state index is 12.8. The summed E-state index contributed by atoms with van der Waals surface area (Å²) in [7, 11) is 0. The number of hydrogen-bond donors (Lipinski definition) is 3. The molecule has 0 saturated heterocycles. The summed E-state index contributed by atoms with van der Waals surface area (Å²) in [5, 5.41) is 6.47. The van der Waals surface area contributed by atoms with Gasteiger partial charge in [0.1, 0.15) is 11.1 Å². The van der Waals surface area contributed by atoms with Crippen LogP contribution in [0.4, 0.5) is 14.9 Å². The van der Waals surface area contributed by atoms with Crippen LogP contribution < -0.4 is 16.0 Å². The van der Waals surface area contributed by atoms with Gasteiger partial charge in [-0.2, -0.15) is 0 Å². The van der Waals surface area contributed by atoms with E-state index < -0.39 is 35.6 Å². The van der Waals surface area contributed by atoms with Crippen molar-refractivity contribution in [3.63, 3.8) is 0 Å². The summed E-state index contributed by atoms with van der Waals surface area (Å²) in [6, 6.07) is 4.64. The largest absolute Gasteiger partial charge is 0.455 e. The first-order valence-electron chi connectivity index (χ1n) is 9.08. The normalized spacial score (nSPS) is 11.5. The Balaban J connectivity index is 2.24. The van der Waals surface area contributed by atoms with Gasteiger partial charge in [0.25, 0.3) is 5.91 Å². The molecule has 0 aliphatic heterocycles. The zero-order chi connectivity index (χ0) is 21.8. The molecule has 0 aliphatic carbocycles. The molecule has 1 atom stereocenters. The van der Waals surface area contributed by atoms with E-state index >= 15 is 0 Å². The SMILES string of the molecule is CC(C)CCNC(=O)NC(=O)COC(=O)C(C)SCC(=O)Nc1ccc(F)cc1. The molecule has 0 heterocycles. The molecule has 10 heteroatoms. The predicted molar refractivity (Wildman–Crippen MR) is 109 cm³/mol. The summed E-state index contributed by atoms with van der Waals surface area (Å²) in [5.74, 6) is -1.81. The molecule has 0 aliphatic rings. The van der Waals surface area contributed by atoms with Gasteiger partial charge in [-0.05, 0) is 43.5 Å². The molecule has 0 aromatic heterocycles. The molecule has 0 bridgehead atoms. The number of nitrogens with one attached hydrogen (secondary N) is 3. The Labute approximate surface area is 173 Å². The second kappa shape index (κ2) is 12.8. The van der Waals surface area contributed by atoms with Gasteiger partial charge in [-0.15, -0.1) is 11.8 Å². The Kier molecular flexibility index (Phi) is 10.7. The quantitative estimate of drug-likeness (QED) is 0.494. The number of carbonyl (C=O) groups excluding carboxylic acids is 4. The van der Waals surface area contributed by atoms with Gasteiger partial charge in [-0.3, -0.25) is 19.7 Å². The number of amides is 4. The van der Waals surface area contributed by atoms with E-state index in [1.54, 1.807) is 0 Å². The first-order chi connectivity index (χ1) is 13.7. The van der Waals surface area contributed by atoms with Gasteiger partial charge in [-0.25, -0.2) is 9.18 Å². The third-order valence-corrected chi connectivity index (χ3v) is 4.65. The number of thioether (sulfide) groups is 1. The molecular weight excluding hydrogens is 401 g/mol. The average Bonchev–Trinajstić information content (AvgIpc) is 2.65. The molecule has 3 N–H and O–H groups in total. The summed E-state index contributed by atoms with van der Waals surface area (Å²) in [6.45, 7) is 5.40. The van der Waals surface area contributed by atoms with Crippen LogP contribution in [0.1, 0.15) is 27.2 Å². The summed E-state index contributed by atoms with van der Waals surface area (Å²) >= 11 is 1.02. The lowest BCUT2D eigenvalue weighted by Crippen LogP contribution is -2.42. The number of urea groups is 1. The fourth-order valence-electron chi connectivity index (χ4n) is 1.93. The van der Waals surface area contributed by atoms with E-state index in [9.17, 15) is 23.6 Å². The van der Waals surface area contributed by atoms with Crippen LogP contribution in [0.5, 0.6) is 0 Å². The van der Waals surface area contributed by atoms with Crippen LogP contribution in [0.15, 0.2) is 24.3 Å². The lowest BCUT2D eigenvalue weighted by Gasteiger charge is -2.12. The fourth-order valence-corrected chi connectivity index (χ4v) is 2.61. The molecule has 160 valence electrons. The molecule has 0 saturated carbocycles. The zero-order valence-corrected chi connectivity index (χ0v) is 17.4. The van der Waals surface area contributed by atoms with E-state index in [-0.39, 0.29) is 11.7 Å². The van der Waals surface area contributed by atoms with Gasteiger partial charge < -0.3 is 15.4 Å². The number of anilines is 1. The maximum atomic E-state index is 12.8. The number of imide groups is 1. The highest BCUT2D eigenvalue weighted by atomic mass is 32.2. The Morgan fingerprint density at radius 3 is 2.34 bits per heavy atom. The highest BCUT2D eigenvalue weighted by molar-refractivity contribution is 8.01. The minimum Gasteiger partial charge on any atom is -0.455 e. The summed E-state index contributed by atoms with van der Waals surface area (Å²) in [4.78, 5) is 46.9. The molecular formula is C19H26FN3O5S. The maximum Gasteiger partial charge on any atom is 0.321 e. The minimum atomic E-state index is -0.744. The van der Waals surface area contributed by atoms with E-state index in [4.69, 9.17) is 4.74 Å². The number of esters is 1. The molecule has 0 spiro atoms. The monoisotopic (exact) mass is 427 g/mol. The molecule has 4 amide bonds. The van der Waals surface area contributed by atoms with Crippen LogP contribution in [0, 0.1) is 11.7 Å². The number of benzene rings is 1. The van der Waals surface area contributed by atoms with Gasteiger partial charge in [0.05, 0.1) is 5.75 Å². The van der Waals surface area contributed by atoms with Crippen LogP contribution >= 0.6 is 11.8 Å². The van der Waals surface area contributed by atoms with E-state index in [2.05, 4.69) is 16.0 Å². The first kappa shape index (κ1) is 24.4. The lowest BCUT2D eigenvalue weighted by atomic mass is 10.1. The summed E-state index contributed by atoms with van der Waals surface area (Å²) < 4.78 is 17.7. The predicted octanol–water partition coefficient (Wildman–Crippen LogP) is 2.30. The van der Waals surface area contributed by atoms with Crippen molar-refractivity contribution >= 4 is 41.3 Å². The molecule has 1 aromatic carbocycles. The molecule has 8 nitrogen and oxygen atoms in total. The third-order valence-electron chi connectivity index (χ3n) is 3.53. The third kappa shape index (κ3) is 11.1. The fraction of sp³-hybridized carbons (Fsp3) is 0.474. The first-order valence-corrected chi connectivity index (χ1v) is 10.1. The Morgan fingerprint density at radius 1 is 1.07 bits per heavy atom. The Bertz CT molecular complexity index is 712. The minimum absolute atomic E-state index is 0.0297. The number of rotatable bonds is 10. The molecule has 1 aromatic rings. The van der Waals surface area contributed by atoms with E-state index in [1.165, 1.54) is 31.2 Å². The molecule has 0 fully saturated rings. The van der Waals surface area contributed by atoms with E-state index in [0.717, 1.165) is 18.2 Å². The number of hydrogen-bond acceptors (Lipinski definition) is 6. The smallest absolute Gasteiger partial charge is 0.321 e.